The molecular weight excluding hydrogens is 638 g/mol. The monoisotopic (exact) mass is 671 g/mol. The second-order valence-corrected chi connectivity index (χ2v) is 12.9. The fraction of sp³-hybridized carbons (Fsp3) is 0.0952. The quantitative estimate of drug-likeness (QED) is 0.150. The summed E-state index contributed by atoms with van der Waals surface area (Å²) in [5, 5.41) is 2.04. The molecular formula is C42H33N5O4. The van der Waals surface area contributed by atoms with Gasteiger partial charge in [-0.15, -0.1) is 0 Å². The van der Waals surface area contributed by atoms with E-state index in [0.29, 0.717) is 52.2 Å². The van der Waals surface area contributed by atoms with Crippen LogP contribution in [0.5, 0.6) is 46.3 Å². The molecule has 0 aliphatic heterocycles. The predicted octanol–water partition coefficient (Wildman–Crippen LogP) is 10.8. The topological polar surface area (TPSA) is 93.4 Å². The molecule has 0 saturated heterocycles. The zero-order chi connectivity index (χ0) is 34.8. The highest BCUT2D eigenvalue weighted by Gasteiger charge is 2.19. The summed E-state index contributed by atoms with van der Waals surface area (Å²) >= 11 is 0. The number of hydrogen-bond donors (Lipinski definition) is 0. The summed E-state index contributed by atoms with van der Waals surface area (Å²) in [6.45, 7) is 6.43. The maximum atomic E-state index is 6.38. The van der Waals surface area contributed by atoms with Crippen LogP contribution in [0.4, 0.5) is 0 Å². The highest BCUT2D eigenvalue weighted by atomic mass is 16.5. The molecule has 4 aromatic carbocycles. The zero-order valence-corrected chi connectivity index (χ0v) is 28.2. The third-order valence-electron chi connectivity index (χ3n) is 8.22. The minimum absolute atomic E-state index is 0.0922. The number of nitrogens with zero attached hydrogens (tertiary/aromatic N) is 5. The largest absolute Gasteiger partial charge is 0.457 e. The van der Waals surface area contributed by atoms with Crippen LogP contribution in [0.2, 0.25) is 0 Å². The Bertz CT molecular complexity index is 2320. The molecule has 9 heteroatoms. The van der Waals surface area contributed by atoms with E-state index in [4.69, 9.17) is 28.9 Å². The van der Waals surface area contributed by atoms with Gasteiger partial charge in [-0.3, -0.25) is 4.57 Å². The number of benzene rings is 4. The van der Waals surface area contributed by atoms with Crippen LogP contribution in [-0.4, -0.2) is 24.5 Å². The van der Waals surface area contributed by atoms with E-state index in [1.165, 1.54) is 0 Å². The average Bonchev–Trinajstić information content (AvgIpc) is 3.45. The van der Waals surface area contributed by atoms with Gasteiger partial charge in [0.1, 0.15) is 34.5 Å². The van der Waals surface area contributed by atoms with Crippen LogP contribution in [0.25, 0.3) is 27.8 Å². The average molecular weight is 672 g/mol. The molecule has 51 heavy (non-hydrogen) atoms. The molecule has 0 atom stereocenters. The van der Waals surface area contributed by atoms with Gasteiger partial charge in [0, 0.05) is 72.0 Å². The third kappa shape index (κ3) is 6.91. The summed E-state index contributed by atoms with van der Waals surface area (Å²) < 4.78 is 26.7. The van der Waals surface area contributed by atoms with Crippen LogP contribution in [0, 0.1) is 0 Å². The van der Waals surface area contributed by atoms with Gasteiger partial charge in [-0.25, -0.2) is 19.9 Å². The Morgan fingerprint density at radius 2 is 0.902 bits per heavy atom. The molecule has 0 fully saturated rings. The predicted molar refractivity (Wildman–Crippen MR) is 197 cm³/mol. The Kier molecular flexibility index (Phi) is 8.21. The second-order valence-electron chi connectivity index (χ2n) is 12.9. The zero-order valence-electron chi connectivity index (χ0n) is 28.2. The van der Waals surface area contributed by atoms with E-state index in [2.05, 4.69) is 42.9 Å². The van der Waals surface area contributed by atoms with Crippen LogP contribution in [0.15, 0.2) is 146 Å². The van der Waals surface area contributed by atoms with Gasteiger partial charge in [-0.2, -0.15) is 0 Å². The Morgan fingerprint density at radius 1 is 0.451 bits per heavy atom. The van der Waals surface area contributed by atoms with Gasteiger partial charge in [0.05, 0.1) is 11.0 Å². The SMILES string of the molecule is CC(C)(C)c1cnc(-n2c3cc(Oc4cccc(Oc5ccccn5)c4)ccc3c3ccc(Oc4cccc(Oc5ccccn5)c4)cc32)nc1. The van der Waals surface area contributed by atoms with Crippen molar-refractivity contribution in [2.45, 2.75) is 26.2 Å². The lowest BCUT2D eigenvalue weighted by atomic mass is 9.89. The fourth-order valence-corrected chi connectivity index (χ4v) is 5.68. The van der Waals surface area contributed by atoms with Gasteiger partial charge in [0.25, 0.3) is 0 Å². The minimum Gasteiger partial charge on any atom is -0.457 e. The summed E-state index contributed by atoms with van der Waals surface area (Å²) in [4.78, 5) is 18.2. The third-order valence-corrected chi connectivity index (χ3v) is 8.22. The van der Waals surface area contributed by atoms with Crippen molar-refractivity contribution in [3.05, 3.63) is 152 Å². The molecule has 0 aliphatic carbocycles. The van der Waals surface area contributed by atoms with Crippen LogP contribution in [0.3, 0.4) is 0 Å². The van der Waals surface area contributed by atoms with Crippen molar-refractivity contribution >= 4 is 21.8 Å². The first-order chi connectivity index (χ1) is 24.9. The number of hydrogen-bond acceptors (Lipinski definition) is 8. The van der Waals surface area contributed by atoms with Crippen LogP contribution in [0.1, 0.15) is 26.3 Å². The van der Waals surface area contributed by atoms with Gasteiger partial charge < -0.3 is 18.9 Å². The van der Waals surface area contributed by atoms with Gasteiger partial charge in [0.2, 0.25) is 17.7 Å². The van der Waals surface area contributed by atoms with Gasteiger partial charge in [-0.1, -0.05) is 45.0 Å². The van der Waals surface area contributed by atoms with Gasteiger partial charge >= 0.3 is 0 Å². The maximum absolute atomic E-state index is 6.38. The molecule has 8 rings (SSSR count). The Labute approximate surface area is 294 Å². The second kappa shape index (κ2) is 13.3. The first-order valence-electron chi connectivity index (χ1n) is 16.5. The van der Waals surface area contributed by atoms with E-state index >= 15 is 0 Å². The summed E-state index contributed by atoms with van der Waals surface area (Å²) in [7, 11) is 0. The van der Waals surface area contributed by atoms with Crippen LogP contribution >= 0.6 is 0 Å². The van der Waals surface area contributed by atoms with Gasteiger partial charge in [-0.05, 0) is 71.6 Å². The minimum atomic E-state index is -0.0922. The number of pyridine rings is 2. The van der Waals surface area contributed by atoms with Crippen molar-refractivity contribution in [3.63, 3.8) is 0 Å². The summed E-state index contributed by atoms with van der Waals surface area (Å²) in [5.74, 6) is 5.34. The Morgan fingerprint density at radius 3 is 1.33 bits per heavy atom. The van der Waals surface area contributed by atoms with E-state index in [1.54, 1.807) is 12.4 Å². The first-order valence-corrected chi connectivity index (χ1v) is 16.5. The highest BCUT2D eigenvalue weighted by Crippen LogP contribution is 2.38. The molecule has 0 amide bonds. The van der Waals surface area contributed by atoms with E-state index in [9.17, 15) is 0 Å². The van der Waals surface area contributed by atoms with Gasteiger partial charge in [0.15, 0.2) is 0 Å². The molecule has 250 valence electrons. The summed E-state index contributed by atoms with van der Waals surface area (Å²) in [5.41, 5.74) is 2.72. The first kappa shape index (κ1) is 31.5. The van der Waals surface area contributed by atoms with Crippen molar-refractivity contribution in [2.75, 3.05) is 0 Å². The number of aromatic nitrogens is 5. The smallest absolute Gasteiger partial charge is 0.234 e. The lowest BCUT2D eigenvalue weighted by Gasteiger charge is -2.18. The van der Waals surface area contributed by atoms with Crippen molar-refractivity contribution < 1.29 is 18.9 Å². The van der Waals surface area contributed by atoms with Crippen molar-refractivity contribution in [1.29, 1.82) is 0 Å². The number of ether oxygens (including phenoxy) is 4. The standard InChI is InChI=1S/C42H33N5O4/c1-42(2,3)28-26-45-41(46-27-28)47-37-24-33(48-29-10-8-12-31(22-29)50-39-14-4-6-20-43-39)16-18-35(37)36-19-17-34(25-38(36)47)49-30-11-9-13-32(23-30)51-40-15-5-7-21-44-40/h4-27H,1-3H3. The molecule has 0 spiro atoms. The fourth-order valence-electron chi connectivity index (χ4n) is 5.68. The highest BCUT2D eigenvalue weighted by molar-refractivity contribution is 6.09. The van der Waals surface area contributed by atoms with E-state index in [1.807, 2.05) is 126 Å². The molecule has 0 bridgehead atoms. The molecule has 0 aliphatic rings. The van der Waals surface area contributed by atoms with E-state index in [0.717, 1.165) is 27.4 Å². The van der Waals surface area contributed by atoms with E-state index in [-0.39, 0.29) is 5.41 Å². The van der Waals surface area contributed by atoms with Crippen molar-refractivity contribution in [1.82, 2.24) is 24.5 Å². The lowest BCUT2D eigenvalue weighted by molar-refractivity contribution is 0.448. The molecule has 0 unspecified atom stereocenters. The molecule has 0 saturated carbocycles. The normalized spacial score (nSPS) is 11.4. The lowest BCUT2D eigenvalue weighted by Crippen LogP contribution is -2.13. The summed E-state index contributed by atoms with van der Waals surface area (Å²) in [6.07, 6.45) is 7.16. The van der Waals surface area contributed by atoms with E-state index < -0.39 is 0 Å². The van der Waals surface area contributed by atoms with Crippen LogP contribution < -0.4 is 18.9 Å². The number of fused-ring (bicyclic) bond motifs is 3. The Balaban J connectivity index is 1.16. The molecule has 4 heterocycles. The number of rotatable bonds is 9. The molecule has 0 N–H and O–H groups in total. The molecule has 0 radical (unpaired) electrons. The molecule has 9 nitrogen and oxygen atoms in total. The Hall–Kier alpha value is -6.74. The maximum Gasteiger partial charge on any atom is 0.234 e. The van der Waals surface area contributed by atoms with Crippen molar-refractivity contribution in [3.8, 4) is 52.2 Å². The summed E-state index contributed by atoms with van der Waals surface area (Å²) in [6, 6.07) is 38.0. The molecule has 4 aromatic heterocycles. The van der Waals surface area contributed by atoms with Crippen molar-refractivity contribution in [2.24, 2.45) is 0 Å². The van der Waals surface area contributed by atoms with Crippen LogP contribution in [-0.2, 0) is 5.41 Å². The molecule has 8 aromatic rings.